The standard InChI is InChI=1S/C6H10Cl3NO/c1-2-3-10(4-7)6(11)5(8)9/h5H,2-4H2,1H3. The molecule has 0 spiro atoms. The Morgan fingerprint density at radius 3 is 2.36 bits per heavy atom. The average molecular weight is 219 g/mol. The van der Waals surface area contributed by atoms with Gasteiger partial charge in [-0.1, -0.05) is 30.1 Å². The third-order valence-corrected chi connectivity index (χ3v) is 1.80. The zero-order valence-corrected chi connectivity index (χ0v) is 8.46. The fraction of sp³-hybridized carbons (Fsp3) is 0.833. The third kappa shape index (κ3) is 4.04. The van der Waals surface area contributed by atoms with Crippen molar-refractivity contribution in [3.63, 3.8) is 0 Å². The highest BCUT2D eigenvalue weighted by molar-refractivity contribution is 6.53. The summed E-state index contributed by atoms with van der Waals surface area (Å²) in [5.74, 6) is -0.329. The highest BCUT2D eigenvalue weighted by Gasteiger charge is 2.17. The first kappa shape index (κ1) is 11.3. The van der Waals surface area contributed by atoms with E-state index in [-0.39, 0.29) is 11.9 Å². The van der Waals surface area contributed by atoms with Gasteiger partial charge in [-0.15, -0.1) is 11.6 Å². The number of carbonyl (C=O) groups excluding carboxylic acids is 1. The van der Waals surface area contributed by atoms with Gasteiger partial charge in [0, 0.05) is 6.54 Å². The summed E-state index contributed by atoms with van der Waals surface area (Å²) in [6.07, 6.45) is 0.846. The Balaban J connectivity index is 3.92. The van der Waals surface area contributed by atoms with Gasteiger partial charge in [0.05, 0.1) is 6.00 Å². The highest BCUT2D eigenvalue weighted by atomic mass is 35.5. The van der Waals surface area contributed by atoms with Gasteiger partial charge in [-0.3, -0.25) is 4.79 Å². The van der Waals surface area contributed by atoms with Gasteiger partial charge in [0.15, 0.2) is 4.84 Å². The Morgan fingerprint density at radius 2 is 2.09 bits per heavy atom. The Morgan fingerprint density at radius 1 is 1.55 bits per heavy atom. The van der Waals surface area contributed by atoms with E-state index in [0.717, 1.165) is 6.42 Å². The smallest absolute Gasteiger partial charge is 0.256 e. The Labute approximate surface area is 81.4 Å². The van der Waals surface area contributed by atoms with Crippen LogP contribution < -0.4 is 0 Å². The number of hydrogen-bond acceptors (Lipinski definition) is 1. The van der Waals surface area contributed by atoms with Crippen LogP contribution in [0.5, 0.6) is 0 Å². The van der Waals surface area contributed by atoms with E-state index in [2.05, 4.69) is 0 Å². The summed E-state index contributed by atoms with van der Waals surface area (Å²) >= 11 is 16.2. The molecule has 0 unspecified atom stereocenters. The van der Waals surface area contributed by atoms with Crippen molar-refractivity contribution in [1.29, 1.82) is 0 Å². The van der Waals surface area contributed by atoms with Gasteiger partial charge in [-0.2, -0.15) is 0 Å². The van der Waals surface area contributed by atoms with Crippen LogP contribution in [0.1, 0.15) is 13.3 Å². The molecule has 0 rings (SSSR count). The van der Waals surface area contributed by atoms with Crippen LogP contribution in [0.15, 0.2) is 0 Å². The predicted octanol–water partition coefficient (Wildman–Crippen LogP) is 2.23. The SMILES string of the molecule is CCCN(CCl)C(=O)C(Cl)Cl. The number of carbonyl (C=O) groups is 1. The second-order valence-electron chi connectivity index (χ2n) is 2.02. The predicted molar refractivity (Wildman–Crippen MR) is 48.2 cm³/mol. The molecule has 0 N–H and O–H groups in total. The van der Waals surface area contributed by atoms with E-state index in [0.29, 0.717) is 6.54 Å². The van der Waals surface area contributed by atoms with Crippen molar-refractivity contribution in [1.82, 2.24) is 4.90 Å². The van der Waals surface area contributed by atoms with Crippen molar-refractivity contribution >= 4 is 40.7 Å². The summed E-state index contributed by atoms with van der Waals surface area (Å²) in [6.45, 7) is 2.54. The molecule has 0 aromatic carbocycles. The van der Waals surface area contributed by atoms with Gasteiger partial charge in [-0.05, 0) is 6.42 Å². The molecule has 0 radical (unpaired) electrons. The van der Waals surface area contributed by atoms with Crippen molar-refractivity contribution in [2.75, 3.05) is 12.5 Å². The van der Waals surface area contributed by atoms with Gasteiger partial charge in [0.2, 0.25) is 0 Å². The monoisotopic (exact) mass is 217 g/mol. The maximum Gasteiger partial charge on any atom is 0.256 e. The summed E-state index contributed by atoms with van der Waals surface area (Å²) in [5.41, 5.74) is 0. The van der Waals surface area contributed by atoms with Crippen molar-refractivity contribution in [3.05, 3.63) is 0 Å². The first-order valence-corrected chi connectivity index (χ1v) is 4.67. The summed E-state index contributed by atoms with van der Waals surface area (Å²) in [6, 6.07) is 0.141. The van der Waals surface area contributed by atoms with Crippen molar-refractivity contribution in [3.8, 4) is 0 Å². The molecular weight excluding hydrogens is 208 g/mol. The molecule has 0 saturated carbocycles. The van der Waals surface area contributed by atoms with E-state index < -0.39 is 4.84 Å². The summed E-state index contributed by atoms with van der Waals surface area (Å²) < 4.78 is 0. The molecule has 0 saturated heterocycles. The molecule has 0 atom stereocenters. The van der Waals surface area contributed by atoms with Crippen molar-refractivity contribution in [2.24, 2.45) is 0 Å². The Kier molecular flexibility index (Phi) is 6.11. The van der Waals surface area contributed by atoms with Gasteiger partial charge < -0.3 is 4.90 Å². The van der Waals surface area contributed by atoms with Crippen LogP contribution in [0.2, 0.25) is 0 Å². The number of alkyl halides is 3. The quantitative estimate of drug-likeness (QED) is 0.523. The highest BCUT2D eigenvalue weighted by Crippen LogP contribution is 2.07. The van der Waals surface area contributed by atoms with E-state index in [1.54, 1.807) is 0 Å². The zero-order chi connectivity index (χ0) is 8.85. The number of nitrogens with zero attached hydrogens (tertiary/aromatic N) is 1. The van der Waals surface area contributed by atoms with Crippen LogP contribution in [-0.2, 0) is 4.79 Å². The second-order valence-corrected chi connectivity index (χ2v) is 3.36. The maximum atomic E-state index is 11.0. The summed E-state index contributed by atoms with van der Waals surface area (Å²) in [5, 5.41) is 0. The number of halogens is 3. The molecule has 2 nitrogen and oxygen atoms in total. The Bertz CT molecular complexity index is 129. The molecule has 0 heterocycles. The Hall–Kier alpha value is 0.340. The van der Waals surface area contributed by atoms with Gasteiger partial charge in [-0.25, -0.2) is 0 Å². The molecule has 0 aliphatic carbocycles. The van der Waals surface area contributed by atoms with E-state index >= 15 is 0 Å². The van der Waals surface area contributed by atoms with Crippen molar-refractivity contribution in [2.45, 2.75) is 18.2 Å². The fourth-order valence-corrected chi connectivity index (χ4v) is 1.15. The largest absolute Gasteiger partial charge is 0.327 e. The molecule has 0 aromatic heterocycles. The van der Waals surface area contributed by atoms with E-state index in [1.165, 1.54) is 4.90 Å². The number of rotatable bonds is 4. The molecule has 66 valence electrons. The van der Waals surface area contributed by atoms with Gasteiger partial charge in [0.1, 0.15) is 0 Å². The molecular formula is C6H10Cl3NO. The molecule has 5 heteroatoms. The summed E-state index contributed by atoms with van der Waals surface area (Å²) in [7, 11) is 0. The first-order valence-electron chi connectivity index (χ1n) is 3.26. The molecule has 0 aliphatic rings. The maximum absolute atomic E-state index is 11.0. The average Bonchev–Trinajstić information content (AvgIpc) is 1.98. The van der Waals surface area contributed by atoms with Crippen LogP contribution in [0.25, 0.3) is 0 Å². The van der Waals surface area contributed by atoms with Gasteiger partial charge in [0.25, 0.3) is 5.91 Å². The fourth-order valence-electron chi connectivity index (χ4n) is 0.637. The van der Waals surface area contributed by atoms with Crippen LogP contribution in [0.4, 0.5) is 0 Å². The van der Waals surface area contributed by atoms with Crippen molar-refractivity contribution < 1.29 is 4.79 Å². The lowest BCUT2D eigenvalue weighted by Gasteiger charge is -2.18. The van der Waals surface area contributed by atoms with Crippen LogP contribution >= 0.6 is 34.8 Å². The summed E-state index contributed by atoms with van der Waals surface area (Å²) in [4.78, 5) is 11.5. The number of amides is 1. The lowest BCUT2D eigenvalue weighted by atomic mass is 10.4. The number of hydrogen-bond donors (Lipinski definition) is 0. The molecule has 1 amide bonds. The minimum atomic E-state index is -1.000. The van der Waals surface area contributed by atoms with E-state index in [9.17, 15) is 4.79 Å². The lowest BCUT2D eigenvalue weighted by molar-refractivity contribution is -0.128. The molecule has 0 aliphatic heterocycles. The molecule has 0 fully saturated rings. The first-order chi connectivity index (χ1) is 5.13. The molecule has 0 bridgehead atoms. The zero-order valence-electron chi connectivity index (χ0n) is 6.19. The minimum absolute atomic E-state index is 0.141. The van der Waals surface area contributed by atoms with E-state index in [4.69, 9.17) is 34.8 Å². The lowest BCUT2D eigenvalue weighted by Crippen LogP contribution is -2.34. The normalized spacial score (nSPS) is 10.3. The van der Waals surface area contributed by atoms with E-state index in [1.807, 2.05) is 6.92 Å². The second kappa shape index (κ2) is 5.92. The molecule has 0 aromatic rings. The van der Waals surface area contributed by atoms with Crippen LogP contribution in [-0.4, -0.2) is 28.2 Å². The van der Waals surface area contributed by atoms with Crippen LogP contribution in [0, 0.1) is 0 Å². The van der Waals surface area contributed by atoms with Gasteiger partial charge >= 0.3 is 0 Å². The molecule has 11 heavy (non-hydrogen) atoms. The third-order valence-electron chi connectivity index (χ3n) is 1.14. The topological polar surface area (TPSA) is 20.3 Å². The minimum Gasteiger partial charge on any atom is -0.327 e. The van der Waals surface area contributed by atoms with Crippen LogP contribution in [0.3, 0.4) is 0 Å².